The first-order valence-corrected chi connectivity index (χ1v) is 8.17. The van der Waals surface area contributed by atoms with Gasteiger partial charge in [-0.2, -0.15) is 0 Å². The Labute approximate surface area is 109 Å². The molecular weight excluding hydrogens is 254 g/mol. The molecule has 2 aliphatic rings. The van der Waals surface area contributed by atoms with E-state index >= 15 is 0 Å². The lowest BCUT2D eigenvalue weighted by atomic mass is 10.1. The van der Waals surface area contributed by atoms with Crippen LogP contribution in [0.5, 0.6) is 0 Å². The van der Waals surface area contributed by atoms with Crippen LogP contribution in [0.15, 0.2) is 0 Å². The highest BCUT2D eigenvalue weighted by atomic mass is 32.2. The standard InChI is InChI=1S/C11H23N3O3S/c1-3-18(15,16)12-10-8-17-9-11(10)14-6-4-13(2)5-7-14/h10-12H,3-9H2,1-2H3/t10-,11-/m0/s1. The molecule has 2 heterocycles. The van der Waals surface area contributed by atoms with E-state index in [4.69, 9.17) is 4.74 Å². The molecule has 0 bridgehead atoms. The van der Waals surface area contributed by atoms with Gasteiger partial charge in [-0.25, -0.2) is 13.1 Å². The van der Waals surface area contributed by atoms with Crippen LogP contribution in [0.2, 0.25) is 0 Å². The summed E-state index contributed by atoms with van der Waals surface area (Å²) in [5.74, 6) is 0.124. The summed E-state index contributed by atoms with van der Waals surface area (Å²) < 4.78 is 31.5. The number of hydrogen-bond donors (Lipinski definition) is 1. The Morgan fingerprint density at radius 2 is 1.89 bits per heavy atom. The molecule has 0 aromatic carbocycles. The molecule has 0 aliphatic carbocycles. The summed E-state index contributed by atoms with van der Waals surface area (Å²) in [6.45, 7) is 6.79. The van der Waals surface area contributed by atoms with Gasteiger partial charge in [0, 0.05) is 26.2 Å². The maximum Gasteiger partial charge on any atom is 0.211 e. The van der Waals surface area contributed by atoms with Gasteiger partial charge in [-0.15, -0.1) is 0 Å². The quantitative estimate of drug-likeness (QED) is 0.710. The van der Waals surface area contributed by atoms with Crippen LogP contribution >= 0.6 is 0 Å². The molecule has 2 atom stereocenters. The summed E-state index contributed by atoms with van der Waals surface area (Å²) in [6.07, 6.45) is 0. The van der Waals surface area contributed by atoms with Crippen molar-refractivity contribution in [3.63, 3.8) is 0 Å². The summed E-state index contributed by atoms with van der Waals surface area (Å²) in [4.78, 5) is 4.63. The maximum absolute atomic E-state index is 11.6. The highest BCUT2D eigenvalue weighted by Gasteiger charge is 2.36. The molecule has 0 radical (unpaired) electrons. The van der Waals surface area contributed by atoms with E-state index in [0.717, 1.165) is 26.2 Å². The highest BCUT2D eigenvalue weighted by molar-refractivity contribution is 7.89. The van der Waals surface area contributed by atoms with E-state index in [1.807, 2.05) is 0 Å². The van der Waals surface area contributed by atoms with Gasteiger partial charge in [0.1, 0.15) is 0 Å². The number of hydrogen-bond acceptors (Lipinski definition) is 5. The van der Waals surface area contributed by atoms with Gasteiger partial charge in [-0.05, 0) is 14.0 Å². The van der Waals surface area contributed by atoms with Gasteiger partial charge in [0.05, 0.1) is 31.1 Å². The molecule has 2 aliphatic heterocycles. The molecule has 1 N–H and O–H groups in total. The first-order valence-electron chi connectivity index (χ1n) is 6.52. The number of likely N-dealkylation sites (N-methyl/N-ethyl adjacent to an activating group) is 1. The summed E-state index contributed by atoms with van der Waals surface area (Å²) in [5, 5.41) is 0. The summed E-state index contributed by atoms with van der Waals surface area (Å²) in [5.41, 5.74) is 0. The second-order valence-electron chi connectivity index (χ2n) is 5.07. The number of rotatable bonds is 4. The molecular formula is C11H23N3O3S. The van der Waals surface area contributed by atoms with Crippen LogP contribution in [0, 0.1) is 0 Å². The average molecular weight is 277 g/mol. The monoisotopic (exact) mass is 277 g/mol. The normalized spacial score (nSPS) is 31.9. The predicted molar refractivity (Wildman–Crippen MR) is 70.1 cm³/mol. The van der Waals surface area contributed by atoms with Crippen LogP contribution in [0.25, 0.3) is 0 Å². The fourth-order valence-corrected chi connectivity index (χ4v) is 3.34. The molecule has 18 heavy (non-hydrogen) atoms. The topological polar surface area (TPSA) is 61.9 Å². The van der Waals surface area contributed by atoms with E-state index < -0.39 is 10.0 Å². The SMILES string of the molecule is CCS(=O)(=O)N[C@H]1COC[C@@H]1N1CCN(C)CC1. The van der Waals surface area contributed by atoms with Gasteiger partial charge in [-0.3, -0.25) is 4.90 Å². The Hall–Kier alpha value is -0.210. The third-order valence-corrected chi connectivity index (χ3v) is 5.19. The van der Waals surface area contributed by atoms with Crippen molar-refractivity contribution in [1.82, 2.24) is 14.5 Å². The van der Waals surface area contributed by atoms with Crippen molar-refractivity contribution in [1.29, 1.82) is 0 Å². The van der Waals surface area contributed by atoms with Crippen molar-refractivity contribution in [3.8, 4) is 0 Å². The molecule has 2 fully saturated rings. The van der Waals surface area contributed by atoms with Crippen LogP contribution in [0.4, 0.5) is 0 Å². The van der Waals surface area contributed by atoms with E-state index in [-0.39, 0.29) is 17.8 Å². The van der Waals surface area contributed by atoms with E-state index in [9.17, 15) is 8.42 Å². The lowest BCUT2D eigenvalue weighted by molar-refractivity contribution is 0.0930. The molecule has 0 unspecified atom stereocenters. The van der Waals surface area contributed by atoms with E-state index in [0.29, 0.717) is 13.2 Å². The number of piperazine rings is 1. The average Bonchev–Trinajstić information content (AvgIpc) is 2.77. The number of sulfonamides is 1. The van der Waals surface area contributed by atoms with Crippen molar-refractivity contribution < 1.29 is 13.2 Å². The maximum atomic E-state index is 11.6. The summed E-state index contributed by atoms with van der Waals surface area (Å²) in [7, 11) is -1.04. The molecule has 2 rings (SSSR count). The third kappa shape index (κ3) is 3.42. The lowest BCUT2D eigenvalue weighted by Crippen LogP contribution is -2.56. The van der Waals surface area contributed by atoms with Crippen molar-refractivity contribution >= 4 is 10.0 Å². The second-order valence-corrected chi connectivity index (χ2v) is 7.11. The van der Waals surface area contributed by atoms with Gasteiger partial charge in [0.2, 0.25) is 10.0 Å². The zero-order valence-corrected chi connectivity index (χ0v) is 11.9. The van der Waals surface area contributed by atoms with Crippen LogP contribution in [0.3, 0.4) is 0 Å². The van der Waals surface area contributed by atoms with Crippen molar-refractivity contribution in [3.05, 3.63) is 0 Å². The summed E-state index contributed by atoms with van der Waals surface area (Å²) in [6, 6.07) is 0.0818. The Morgan fingerprint density at radius 3 is 2.50 bits per heavy atom. The van der Waals surface area contributed by atoms with Gasteiger partial charge in [-0.1, -0.05) is 0 Å². The fourth-order valence-electron chi connectivity index (χ4n) is 2.48. The van der Waals surface area contributed by atoms with Crippen molar-refractivity contribution in [2.75, 3.05) is 52.2 Å². The minimum absolute atomic E-state index is 0.0987. The smallest absolute Gasteiger partial charge is 0.211 e. The molecule has 0 spiro atoms. The Balaban J connectivity index is 1.95. The largest absolute Gasteiger partial charge is 0.378 e. The first-order chi connectivity index (χ1) is 8.52. The predicted octanol–water partition coefficient (Wildman–Crippen LogP) is -1.06. The molecule has 2 saturated heterocycles. The molecule has 0 saturated carbocycles. The third-order valence-electron chi connectivity index (χ3n) is 3.77. The number of nitrogens with zero attached hydrogens (tertiary/aromatic N) is 2. The summed E-state index contributed by atoms with van der Waals surface area (Å²) >= 11 is 0. The molecule has 7 heteroatoms. The zero-order valence-electron chi connectivity index (χ0n) is 11.1. The van der Waals surface area contributed by atoms with Crippen LogP contribution in [-0.2, 0) is 14.8 Å². The van der Waals surface area contributed by atoms with Gasteiger partial charge in [0.25, 0.3) is 0 Å². The van der Waals surface area contributed by atoms with Crippen molar-refractivity contribution in [2.45, 2.75) is 19.0 Å². The minimum Gasteiger partial charge on any atom is -0.378 e. The van der Waals surface area contributed by atoms with Gasteiger partial charge in [0.15, 0.2) is 0 Å². The molecule has 106 valence electrons. The Kier molecular flexibility index (Phi) is 4.60. The zero-order chi connectivity index (χ0) is 13.2. The molecule has 0 aromatic rings. The van der Waals surface area contributed by atoms with Crippen LogP contribution in [0.1, 0.15) is 6.92 Å². The lowest BCUT2D eigenvalue weighted by Gasteiger charge is -2.37. The fraction of sp³-hybridized carbons (Fsp3) is 1.00. The van der Waals surface area contributed by atoms with Crippen LogP contribution in [-0.4, -0.2) is 82.5 Å². The van der Waals surface area contributed by atoms with E-state index in [1.165, 1.54) is 0 Å². The van der Waals surface area contributed by atoms with Gasteiger partial charge < -0.3 is 9.64 Å². The Bertz CT molecular complexity index is 366. The molecule has 6 nitrogen and oxygen atoms in total. The van der Waals surface area contributed by atoms with Gasteiger partial charge >= 0.3 is 0 Å². The van der Waals surface area contributed by atoms with E-state index in [2.05, 4.69) is 21.6 Å². The highest BCUT2D eigenvalue weighted by Crippen LogP contribution is 2.16. The second kappa shape index (κ2) is 5.83. The van der Waals surface area contributed by atoms with Crippen molar-refractivity contribution in [2.24, 2.45) is 0 Å². The van der Waals surface area contributed by atoms with Crippen LogP contribution < -0.4 is 4.72 Å². The van der Waals surface area contributed by atoms with E-state index in [1.54, 1.807) is 6.92 Å². The Morgan fingerprint density at radius 1 is 1.22 bits per heavy atom. The molecule has 0 aromatic heterocycles. The number of nitrogens with one attached hydrogen (secondary N) is 1. The molecule has 0 amide bonds. The number of ether oxygens (including phenoxy) is 1. The minimum atomic E-state index is -3.15. The first kappa shape index (κ1) is 14.2.